The topological polar surface area (TPSA) is 84.9 Å². The minimum atomic E-state index is -3.80. The van der Waals surface area contributed by atoms with Gasteiger partial charge in [0.1, 0.15) is 5.82 Å². The number of nitrogens with zero attached hydrogens (tertiary/aromatic N) is 1. The Morgan fingerprint density at radius 1 is 1.26 bits per heavy atom. The maximum Gasteiger partial charge on any atom is 0.254 e. The van der Waals surface area contributed by atoms with Gasteiger partial charge in [-0.2, -0.15) is 4.31 Å². The zero-order chi connectivity index (χ0) is 20.2. The third-order valence-corrected chi connectivity index (χ3v) is 6.44. The van der Waals surface area contributed by atoms with Crippen LogP contribution in [0.15, 0.2) is 23.1 Å². The van der Waals surface area contributed by atoms with Crippen molar-refractivity contribution >= 4 is 15.9 Å². The number of piperidine rings is 1. The van der Waals surface area contributed by atoms with Crippen molar-refractivity contribution in [1.82, 2.24) is 9.62 Å². The van der Waals surface area contributed by atoms with Crippen molar-refractivity contribution in [2.75, 3.05) is 33.9 Å². The Hall–Kier alpha value is -1.55. The molecule has 1 amide bonds. The fourth-order valence-corrected chi connectivity index (χ4v) is 5.03. The quantitative estimate of drug-likeness (QED) is 0.704. The summed E-state index contributed by atoms with van der Waals surface area (Å²) >= 11 is 0. The minimum Gasteiger partial charge on any atom is -0.354 e. The molecule has 7 nitrogen and oxygen atoms in total. The van der Waals surface area contributed by atoms with Gasteiger partial charge >= 0.3 is 0 Å². The molecule has 1 aliphatic rings. The first kappa shape index (κ1) is 21.7. The van der Waals surface area contributed by atoms with E-state index in [0.717, 1.165) is 18.6 Å². The van der Waals surface area contributed by atoms with E-state index in [0.29, 0.717) is 13.1 Å². The van der Waals surface area contributed by atoms with E-state index < -0.39 is 28.0 Å². The van der Waals surface area contributed by atoms with Crippen LogP contribution in [0.5, 0.6) is 0 Å². The van der Waals surface area contributed by atoms with Crippen molar-refractivity contribution in [3.8, 4) is 0 Å². The summed E-state index contributed by atoms with van der Waals surface area (Å²) < 4.78 is 51.4. The monoisotopic (exact) mass is 402 g/mol. The number of rotatable bonds is 7. The van der Waals surface area contributed by atoms with Gasteiger partial charge in [0, 0.05) is 27.3 Å². The Bertz CT molecular complexity index is 757. The smallest absolute Gasteiger partial charge is 0.254 e. The van der Waals surface area contributed by atoms with Crippen molar-refractivity contribution < 1.29 is 27.1 Å². The van der Waals surface area contributed by atoms with Crippen LogP contribution in [0.3, 0.4) is 0 Å². The highest BCUT2D eigenvalue weighted by Crippen LogP contribution is 2.27. The zero-order valence-electron chi connectivity index (χ0n) is 16.1. The second-order valence-electron chi connectivity index (χ2n) is 7.02. The van der Waals surface area contributed by atoms with Crippen molar-refractivity contribution in [1.29, 1.82) is 0 Å². The number of hydrogen-bond acceptors (Lipinski definition) is 5. The molecule has 0 spiro atoms. The summed E-state index contributed by atoms with van der Waals surface area (Å²) in [5.41, 5.74) is -0.333. The molecule has 0 saturated carbocycles. The lowest BCUT2D eigenvalue weighted by Gasteiger charge is -2.34. The molecule has 0 aromatic heterocycles. The van der Waals surface area contributed by atoms with Crippen molar-refractivity contribution in [3.63, 3.8) is 0 Å². The Kier molecular flexibility index (Phi) is 7.32. The predicted octanol–water partition coefficient (Wildman–Crippen LogP) is 1.84. The second-order valence-corrected chi connectivity index (χ2v) is 8.96. The molecule has 2 rings (SSSR count). The summed E-state index contributed by atoms with van der Waals surface area (Å²) in [4.78, 5) is 12.2. The van der Waals surface area contributed by atoms with Gasteiger partial charge in [-0.15, -0.1) is 0 Å². The lowest BCUT2D eigenvalue weighted by Crippen LogP contribution is -2.42. The van der Waals surface area contributed by atoms with Gasteiger partial charge in [-0.25, -0.2) is 12.8 Å². The lowest BCUT2D eigenvalue weighted by molar-refractivity contribution is -0.0974. The van der Waals surface area contributed by atoms with E-state index >= 15 is 0 Å². The number of halogens is 1. The number of benzene rings is 1. The molecule has 1 aliphatic heterocycles. The third kappa shape index (κ3) is 5.25. The molecular formula is C18H27FN2O5S. The number of nitrogens with one attached hydrogen (secondary N) is 1. The highest BCUT2D eigenvalue weighted by Gasteiger charge is 2.32. The van der Waals surface area contributed by atoms with Crippen molar-refractivity contribution in [2.45, 2.75) is 31.5 Å². The van der Waals surface area contributed by atoms with Crippen molar-refractivity contribution in [3.05, 3.63) is 29.6 Å². The molecule has 0 radical (unpaired) electrons. The molecule has 9 heteroatoms. The zero-order valence-corrected chi connectivity index (χ0v) is 16.9. The van der Waals surface area contributed by atoms with Crippen LogP contribution in [0.25, 0.3) is 0 Å². The van der Waals surface area contributed by atoms with Gasteiger partial charge in [-0.3, -0.25) is 4.79 Å². The van der Waals surface area contributed by atoms with Crippen LogP contribution in [0.1, 0.15) is 30.6 Å². The van der Waals surface area contributed by atoms with Crippen LogP contribution in [0, 0.1) is 17.7 Å². The molecule has 0 bridgehead atoms. The normalized spacial score (nSPS) is 21.4. The molecule has 2 atom stereocenters. The maximum atomic E-state index is 14.1. The first-order valence-electron chi connectivity index (χ1n) is 8.82. The van der Waals surface area contributed by atoms with Gasteiger partial charge in [0.2, 0.25) is 10.0 Å². The summed E-state index contributed by atoms with van der Waals surface area (Å²) in [6, 6.07) is 3.28. The van der Waals surface area contributed by atoms with E-state index in [1.807, 2.05) is 13.8 Å². The summed E-state index contributed by atoms with van der Waals surface area (Å²) in [6.07, 6.45) is 0.281. The Morgan fingerprint density at radius 2 is 1.85 bits per heavy atom. The van der Waals surface area contributed by atoms with Crippen LogP contribution in [0.4, 0.5) is 4.39 Å². The fraction of sp³-hybridized carbons (Fsp3) is 0.611. The van der Waals surface area contributed by atoms with E-state index in [9.17, 15) is 17.6 Å². The molecule has 1 heterocycles. The van der Waals surface area contributed by atoms with Gasteiger partial charge in [-0.05, 0) is 36.5 Å². The number of methoxy groups -OCH3 is 2. The number of ether oxygens (including phenoxy) is 2. The van der Waals surface area contributed by atoms with Gasteiger partial charge in [-0.1, -0.05) is 13.8 Å². The molecule has 1 aromatic carbocycles. The van der Waals surface area contributed by atoms with Gasteiger partial charge < -0.3 is 14.8 Å². The first-order valence-corrected chi connectivity index (χ1v) is 10.3. The van der Waals surface area contributed by atoms with Crippen LogP contribution < -0.4 is 5.32 Å². The maximum absolute atomic E-state index is 14.1. The molecule has 1 fully saturated rings. The van der Waals surface area contributed by atoms with Gasteiger partial charge in [0.25, 0.3) is 5.91 Å². The van der Waals surface area contributed by atoms with E-state index in [2.05, 4.69) is 5.32 Å². The largest absolute Gasteiger partial charge is 0.354 e. The van der Waals surface area contributed by atoms with Crippen LogP contribution in [-0.4, -0.2) is 58.8 Å². The first-order chi connectivity index (χ1) is 12.7. The number of carbonyl (C=O) groups is 1. The van der Waals surface area contributed by atoms with Crippen LogP contribution >= 0.6 is 0 Å². The van der Waals surface area contributed by atoms with E-state index in [1.165, 1.54) is 24.6 Å². The van der Waals surface area contributed by atoms with Gasteiger partial charge in [0.05, 0.1) is 17.0 Å². The van der Waals surface area contributed by atoms with E-state index in [4.69, 9.17) is 9.47 Å². The summed E-state index contributed by atoms with van der Waals surface area (Å²) in [7, 11) is -0.981. The minimum absolute atomic E-state index is 0.00338. The average Bonchev–Trinajstić information content (AvgIpc) is 2.61. The summed E-state index contributed by atoms with van der Waals surface area (Å²) in [5.74, 6) is -1.04. The second kappa shape index (κ2) is 9.09. The van der Waals surface area contributed by atoms with Crippen LogP contribution in [0.2, 0.25) is 0 Å². The summed E-state index contributed by atoms with van der Waals surface area (Å²) in [6.45, 7) is 4.83. The van der Waals surface area contributed by atoms with Gasteiger partial charge in [0.15, 0.2) is 6.29 Å². The molecule has 2 unspecified atom stereocenters. The molecule has 152 valence electrons. The summed E-state index contributed by atoms with van der Waals surface area (Å²) in [5, 5.41) is 2.48. The highest BCUT2D eigenvalue weighted by molar-refractivity contribution is 7.89. The Labute approximate surface area is 159 Å². The lowest BCUT2D eigenvalue weighted by atomic mass is 9.94. The molecule has 1 N–H and O–H groups in total. The fourth-order valence-electron chi connectivity index (χ4n) is 3.32. The third-order valence-electron chi connectivity index (χ3n) is 4.61. The Morgan fingerprint density at radius 3 is 2.41 bits per heavy atom. The van der Waals surface area contributed by atoms with E-state index in [-0.39, 0.29) is 28.8 Å². The van der Waals surface area contributed by atoms with Crippen LogP contribution in [-0.2, 0) is 19.5 Å². The number of hydrogen-bond donors (Lipinski definition) is 1. The Balaban J connectivity index is 2.24. The molecule has 0 aliphatic carbocycles. The highest BCUT2D eigenvalue weighted by atomic mass is 32.2. The molecular weight excluding hydrogens is 375 g/mol. The number of carbonyl (C=O) groups excluding carboxylic acids is 1. The molecule has 1 saturated heterocycles. The number of sulfonamides is 1. The molecule has 1 aromatic rings. The average molecular weight is 402 g/mol. The number of amides is 1. The van der Waals surface area contributed by atoms with Crippen molar-refractivity contribution in [2.24, 2.45) is 11.8 Å². The standard InChI is InChI=1S/C18H27FN2O5S/c1-12-7-13(2)11-21(10-12)27(23,24)14-5-6-16(19)15(8-14)18(22)20-9-17(25-3)26-4/h5-6,8,12-13,17H,7,9-11H2,1-4H3,(H,20,22). The predicted molar refractivity (Wildman–Crippen MR) is 98.2 cm³/mol. The van der Waals surface area contributed by atoms with E-state index in [1.54, 1.807) is 0 Å². The SMILES string of the molecule is COC(CNC(=O)c1cc(S(=O)(=O)N2CC(C)CC(C)C2)ccc1F)OC. The molecule has 27 heavy (non-hydrogen) atoms.